The lowest BCUT2D eigenvalue weighted by molar-refractivity contribution is 0.103. The Bertz CT molecular complexity index is 814. The zero-order chi connectivity index (χ0) is 14.8. The smallest absolute Gasteiger partial charge is 0.219 e. The van der Waals surface area contributed by atoms with Gasteiger partial charge in [0.05, 0.1) is 5.56 Å². The van der Waals surface area contributed by atoms with Crippen LogP contribution in [0.15, 0.2) is 48.5 Å². The number of nitrogens with zero attached hydrogens (tertiary/aromatic N) is 2. The van der Waals surface area contributed by atoms with E-state index in [1.165, 1.54) is 6.07 Å². The van der Waals surface area contributed by atoms with Crippen molar-refractivity contribution in [2.45, 2.75) is 0 Å². The lowest BCUT2D eigenvalue weighted by Gasteiger charge is -2.03. The predicted octanol–water partition coefficient (Wildman–Crippen LogP) is 3.01. The Labute approximate surface area is 134 Å². The molecule has 2 aromatic carbocycles. The molecule has 0 aliphatic rings. The lowest BCUT2D eigenvalue weighted by atomic mass is 10.0. The van der Waals surface area contributed by atoms with Gasteiger partial charge in [-0.2, -0.15) is 15.4 Å². The maximum absolute atomic E-state index is 12.5. The molecule has 6 heteroatoms. The van der Waals surface area contributed by atoms with Crippen molar-refractivity contribution in [3.05, 3.63) is 63.4 Å². The van der Waals surface area contributed by atoms with E-state index in [0.29, 0.717) is 5.69 Å². The number of carbonyl (C=O) groups excluding carboxylic acids is 1. The first-order chi connectivity index (χ1) is 10.2. The van der Waals surface area contributed by atoms with Crippen molar-refractivity contribution in [2.24, 2.45) is 0 Å². The number of hydrogen-bond acceptors (Lipinski definition) is 4. The number of hydrogen-bond donors (Lipinski definition) is 2. The Morgan fingerprint density at radius 1 is 1.10 bits per heavy atom. The SMILES string of the molecule is O=C(c1ccccc1O)c1n[nH]nc1-c1cccc(I)c1. The summed E-state index contributed by atoms with van der Waals surface area (Å²) in [5, 5.41) is 20.3. The average molecular weight is 391 g/mol. The Kier molecular flexibility index (Phi) is 3.70. The number of phenols is 1. The van der Waals surface area contributed by atoms with E-state index in [0.717, 1.165) is 9.13 Å². The van der Waals surface area contributed by atoms with Gasteiger partial charge in [0.2, 0.25) is 5.78 Å². The van der Waals surface area contributed by atoms with Crippen LogP contribution in [0.3, 0.4) is 0 Å². The fourth-order valence-corrected chi connectivity index (χ4v) is 2.56. The highest BCUT2D eigenvalue weighted by molar-refractivity contribution is 14.1. The second-order valence-electron chi connectivity index (χ2n) is 4.38. The van der Waals surface area contributed by atoms with Crippen molar-refractivity contribution in [1.82, 2.24) is 15.4 Å². The van der Waals surface area contributed by atoms with Gasteiger partial charge in [0.15, 0.2) is 5.69 Å². The zero-order valence-corrected chi connectivity index (χ0v) is 12.9. The minimum atomic E-state index is -0.365. The van der Waals surface area contributed by atoms with Crippen LogP contribution in [-0.2, 0) is 0 Å². The van der Waals surface area contributed by atoms with Crippen molar-refractivity contribution in [3.8, 4) is 17.0 Å². The second kappa shape index (κ2) is 5.65. The molecule has 0 atom stereocenters. The van der Waals surface area contributed by atoms with E-state index in [-0.39, 0.29) is 22.8 Å². The van der Waals surface area contributed by atoms with Crippen LogP contribution in [0.5, 0.6) is 5.75 Å². The first-order valence-electron chi connectivity index (χ1n) is 6.16. The summed E-state index contributed by atoms with van der Waals surface area (Å²) in [5.74, 6) is -0.435. The molecule has 0 aliphatic carbocycles. The summed E-state index contributed by atoms with van der Waals surface area (Å²) in [7, 11) is 0. The topological polar surface area (TPSA) is 78.9 Å². The molecule has 104 valence electrons. The number of rotatable bonds is 3. The lowest BCUT2D eigenvalue weighted by Crippen LogP contribution is -2.04. The number of phenolic OH excluding ortho intramolecular Hbond substituents is 1. The third-order valence-corrected chi connectivity index (χ3v) is 3.68. The maximum atomic E-state index is 12.5. The summed E-state index contributed by atoms with van der Waals surface area (Å²) in [4.78, 5) is 12.5. The Hall–Kier alpha value is -2.22. The number of H-pyrrole nitrogens is 1. The van der Waals surface area contributed by atoms with Crippen LogP contribution in [0.4, 0.5) is 0 Å². The van der Waals surface area contributed by atoms with E-state index >= 15 is 0 Å². The summed E-state index contributed by atoms with van der Waals surface area (Å²) in [6.45, 7) is 0. The van der Waals surface area contributed by atoms with E-state index in [9.17, 15) is 9.90 Å². The largest absolute Gasteiger partial charge is 0.507 e. The molecule has 3 rings (SSSR count). The molecule has 1 heterocycles. The van der Waals surface area contributed by atoms with E-state index in [2.05, 4.69) is 38.0 Å². The molecular formula is C15H10IN3O2. The zero-order valence-electron chi connectivity index (χ0n) is 10.7. The third-order valence-electron chi connectivity index (χ3n) is 3.01. The highest BCUT2D eigenvalue weighted by Gasteiger charge is 2.21. The van der Waals surface area contributed by atoms with Gasteiger partial charge in [-0.15, -0.1) is 0 Å². The van der Waals surface area contributed by atoms with Crippen molar-refractivity contribution in [1.29, 1.82) is 0 Å². The van der Waals surface area contributed by atoms with Crippen LogP contribution >= 0.6 is 22.6 Å². The number of halogens is 1. The number of aromatic hydroxyl groups is 1. The minimum Gasteiger partial charge on any atom is -0.507 e. The van der Waals surface area contributed by atoms with Crippen LogP contribution in [-0.4, -0.2) is 26.3 Å². The minimum absolute atomic E-state index is 0.0703. The molecule has 0 saturated carbocycles. The van der Waals surface area contributed by atoms with Crippen LogP contribution < -0.4 is 0 Å². The number of para-hydroxylation sites is 1. The summed E-state index contributed by atoms with van der Waals surface area (Å²) in [5.41, 5.74) is 1.67. The summed E-state index contributed by atoms with van der Waals surface area (Å²) in [6.07, 6.45) is 0. The van der Waals surface area contributed by atoms with Gasteiger partial charge in [0.25, 0.3) is 0 Å². The van der Waals surface area contributed by atoms with Crippen molar-refractivity contribution in [3.63, 3.8) is 0 Å². The van der Waals surface area contributed by atoms with Crippen molar-refractivity contribution >= 4 is 28.4 Å². The first-order valence-corrected chi connectivity index (χ1v) is 7.24. The number of aromatic nitrogens is 3. The van der Waals surface area contributed by atoms with Gasteiger partial charge in [0.1, 0.15) is 11.4 Å². The van der Waals surface area contributed by atoms with Crippen LogP contribution in [0.25, 0.3) is 11.3 Å². The molecule has 3 aromatic rings. The number of carbonyl (C=O) groups is 1. The number of benzene rings is 2. The molecule has 5 nitrogen and oxygen atoms in total. The summed E-state index contributed by atoms with van der Waals surface area (Å²) < 4.78 is 1.04. The summed E-state index contributed by atoms with van der Waals surface area (Å²) >= 11 is 2.19. The molecule has 0 radical (unpaired) electrons. The fraction of sp³-hybridized carbons (Fsp3) is 0. The molecule has 0 spiro atoms. The molecule has 21 heavy (non-hydrogen) atoms. The van der Waals surface area contributed by atoms with Crippen molar-refractivity contribution in [2.75, 3.05) is 0 Å². The predicted molar refractivity (Wildman–Crippen MR) is 86.1 cm³/mol. The number of ketones is 1. The number of aromatic amines is 1. The van der Waals surface area contributed by atoms with Crippen LogP contribution in [0.1, 0.15) is 16.1 Å². The average Bonchev–Trinajstić information content (AvgIpc) is 2.96. The van der Waals surface area contributed by atoms with Gasteiger partial charge in [-0.25, -0.2) is 0 Å². The molecule has 1 aromatic heterocycles. The molecule has 0 aliphatic heterocycles. The molecule has 0 amide bonds. The molecule has 0 saturated heterocycles. The monoisotopic (exact) mass is 391 g/mol. The third kappa shape index (κ3) is 2.66. The van der Waals surface area contributed by atoms with E-state index in [1.54, 1.807) is 18.2 Å². The van der Waals surface area contributed by atoms with E-state index < -0.39 is 0 Å². The molecule has 0 bridgehead atoms. The van der Waals surface area contributed by atoms with Gasteiger partial charge in [-0.05, 0) is 46.9 Å². The normalized spacial score (nSPS) is 10.5. The number of nitrogens with one attached hydrogen (secondary N) is 1. The van der Waals surface area contributed by atoms with Gasteiger partial charge in [-0.3, -0.25) is 4.79 Å². The van der Waals surface area contributed by atoms with Crippen LogP contribution in [0, 0.1) is 3.57 Å². The highest BCUT2D eigenvalue weighted by Crippen LogP contribution is 2.26. The molecule has 2 N–H and O–H groups in total. The quantitative estimate of drug-likeness (QED) is 0.532. The van der Waals surface area contributed by atoms with Gasteiger partial charge in [0, 0.05) is 9.13 Å². The Balaban J connectivity index is 2.08. The summed E-state index contributed by atoms with van der Waals surface area (Å²) in [6, 6.07) is 14.0. The molecular weight excluding hydrogens is 381 g/mol. The molecule has 0 unspecified atom stereocenters. The van der Waals surface area contributed by atoms with E-state index in [4.69, 9.17) is 0 Å². The standard InChI is InChI=1S/C15H10IN3O2/c16-10-5-3-4-9(8-10)13-14(18-19-17-13)15(21)11-6-1-2-7-12(11)20/h1-8,20H,(H,17,18,19). The van der Waals surface area contributed by atoms with Crippen molar-refractivity contribution < 1.29 is 9.90 Å². The van der Waals surface area contributed by atoms with Gasteiger partial charge in [-0.1, -0.05) is 24.3 Å². The van der Waals surface area contributed by atoms with Gasteiger partial charge >= 0.3 is 0 Å². The Morgan fingerprint density at radius 2 is 1.90 bits per heavy atom. The fourth-order valence-electron chi connectivity index (χ4n) is 2.02. The molecule has 0 fully saturated rings. The Morgan fingerprint density at radius 3 is 2.67 bits per heavy atom. The first kappa shape index (κ1) is 13.7. The van der Waals surface area contributed by atoms with E-state index in [1.807, 2.05) is 24.3 Å². The maximum Gasteiger partial charge on any atom is 0.219 e. The van der Waals surface area contributed by atoms with Gasteiger partial charge < -0.3 is 5.11 Å². The van der Waals surface area contributed by atoms with Crippen LogP contribution in [0.2, 0.25) is 0 Å². The highest BCUT2D eigenvalue weighted by atomic mass is 127. The second-order valence-corrected chi connectivity index (χ2v) is 5.62.